The summed E-state index contributed by atoms with van der Waals surface area (Å²) < 4.78 is 11.5. The standard InChI is InChI=1S/C8H14ClOP/c1-3-8-4-7(2)5-11(9,10)6-8/h5,8H,3-4,6H2,1-2H3/t8-,11-/m1/s1. The van der Waals surface area contributed by atoms with Gasteiger partial charge in [0.2, 0.25) is 0 Å². The van der Waals surface area contributed by atoms with E-state index in [2.05, 4.69) is 6.92 Å². The lowest BCUT2D eigenvalue weighted by Gasteiger charge is -2.22. The van der Waals surface area contributed by atoms with Crippen LogP contribution in [0.2, 0.25) is 0 Å². The van der Waals surface area contributed by atoms with Crippen molar-refractivity contribution >= 4 is 17.7 Å². The van der Waals surface area contributed by atoms with Crippen molar-refractivity contribution in [3.63, 3.8) is 0 Å². The molecular formula is C8H14ClOP. The van der Waals surface area contributed by atoms with Gasteiger partial charge in [-0.2, -0.15) is 0 Å². The minimum Gasteiger partial charge on any atom is -0.302 e. The first-order chi connectivity index (χ1) is 5.03. The van der Waals surface area contributed by atoms with E-state index in [0.29, 0.717) is 12.1 Å². The fourth-order valence-electron chi connectivity index (χ4n) is 1.58. The SMILES string of the molecule is CC[C@@H]1CC(C)=C[P@](=O)(Cl)C1. The first-order valence-corrected chi connectivity index (χ1v) is 6.87. The molecule has 0 amide bonds. The summed E-state index contributed by atoms with van der Waals surface area (Å²) in [4.78, 5) is 0. The van der Waals surface area contributed by atoms with Crippen LogP contribution in [0.15, 0.2) is 11.4 Å². The molecule has 1 nitrogen and oxygen atoms in total. The van der Waals surface area contributed by atoms with E-state index in [-0.39, 0.29) is 0 Å². The van der Waals surface area contributed by atoms with E-state index in [1.807, 2.05) is 6.92 Å². The van der Waals surface area contributed by atoms with E-state index in [9.17, 15) is 4.57 Å². The van der Waals surface area contributed by atoms with Crippen LogP contribution in [0.5, 0.6) is 0 Å². The molecule has 3 heteroatoms. The number of hydrogen-bond donors (Lipinski definition) is 0. The highest BCUT2D eigenvalue weighted by molar-refractivity contribution is 7.91. The predicted molar refractivity (Wildman–Crippen MR) is 50.5 cm³/mol. The minimum absolute atomic E-state index is 0.545. The topological polar surface area (TPSA) is 17.1 Å². The molecule has 0 bridgehead atoms. The molecule has 0 aromatic carbocycles. The van der Waals surface area contributed by atoms with Crippen molar-refractivity contribution in [1.29, 1.82) is 0 Å². The van der Waals surface area contributed by atoms with Crippen LogP contribution in [0, 0.1) is 5.92 Å². The fourth-order valence-corrected chi connectivity index (χ4v) is 4.63. The maximum atomic E-state index is 11.5. The van der Waals surface area contributed by atoms with Gasteiger partial charge in [-0.25, -0.2) is 0 Å². The van der Waals surface area contributed by atoms with E-state index in [0.717, 1.165) is 12.8 Å². The number of allylic oxidation sites excluding steroid dienone is 1. The monoisotopic (exact) mass is 192 g/mol. The molecule has 1 rings (SSSR count). The second-order valence-corrected chi connectivity index (χ2v) is 7.09. The zero-order chi connectivity index (χ0) is 8.48. The van der Waals surface area contributed by atoms with Crippen LogP contribution in [-0.2, 0) is 4.57 Å². The summed E-state index contributed by atoms with van der Waals surface area (Å²) in [6.07, 6.45) is 2.86. The van der Waals surface area contributed by atoms with E-state index < -0.39 is 6.49 Å². The van der Waals surface area contributed by atoms with E-state index >= 15 is 0 Å². The molecule has 0 radical (unpaired) electrons. The van der Waals surface area contributed by atoms with Crippen molar-refractivity contribution < 1.29 is 4.57 Å². The average molecular weight is 193 g/mol. The third kappa shape index (κ3) is 2.65. The van der Waals surface area contributed by atoms with Gasteiger partial charge < -0.3 is 4.57 Å². The third-order valence-electron chi connectivity index (χ3n) is 2.11. The normalized spacial score (nSPS) is 38.5. The smallest absolute Gasteiger partial charge is 0.190 e. The van der Waals surface area contributed by atoms with Gasteiger partial charge in [0.25, 0.3) is 0 Å². The van der Waals surface area contributed by atoms with Gasteiger partial charge in [0.1, 0.15) is 0 Å². The zero-order valence-electron chi connectivity index (χ0n) is 7.01. The molecule has 0 fully saturated rings. The minimum atomic E-state index is -2.41. The van der Waals surface area contributed by atoms with E-state index in [4.69, 9.17) is 11.2 Å². The Hall–Kier alpha value is 0.260. The Morgan fingerprint density at radius 2 is 2.45 bits per heavy atom. The molecule has 0 aliphatic carbocycles. The van der Waals surface area contributed by atoms with Crippen molar-refractivity contribution in [2.24, 2.45) is 5.92 Å². The number of halogens is 1. The van der Waals surface area contributed by atoms with Crippen LogP contribution in [-0.4, -0.2) is 6.16 Å². The number of rotatable bonds is 1. The van der Waals surface area contributed by atoms with Crippen LogP contribution < -0.4 is 0 Å². The Morgan fingerprint density at radius 1 is 1.82 bits per heavy atom. The molecule has 1 aliphatic heterocycles. The molecule has 0 aromatic rings. The lowest BCUT2D eigenvalue weighted by Crippen LogP contribution is -2.08. The summed E-state index contributed by atoms with van der Waals surface area (Å²) in [5.74, 6) is 2.31. The summed E-state index contributed by atoms with van der Waals surface area (Å²) in [5, 5.41) is 0. The molecule has 1 heterocycles. The van der Waals surface area contributed by atoms with Crippen LogP contribution in [0.25, 0.3) is 0 Å². The Bertz CT molecular complexity index is 222. The summed E-state index contributed by atoms with van der Waals surface area (Å²) in [7, 11) is 0. The lowest BCUT2D eigenvalue weighted by atomic mass is 10.0. The highest BCUT2D eigenvalue weighted by Gasteiger charge is 2.25. The van der Waals surface area contributed by atoms with Crippen molar-refractivity contribution in [1.82, 2.24) is 0 Å². The van der Waals surface area contributed by atoms with E-state index in [1.165, 1.54) is 5.57 Å². The highest BCUT2D eigenvalue weighted by atomic mass is 35.7. The first-order valence-electron chi connectivity index (χ1n) is 4.00. The molecule has 0 saturated heterocycles. The Morgan fingerprint density at radius 3 is 2.91 bits per heavy atom. The summed E-state index contributed by atoms with van der Waals surface area (Å²) in [5.41, 5.74) is 1.20. The molecule has 0 spiro atoms. The second-order valence-electron chi connectivity index (χ2n) is 3.34. The second kappa shape index (κ2) is 3.33. The molecule has 64 valence electrons. The van der Waals surface area contributed by atoms with Crippen molar-refractivity contribution in [3.05, 3.63) is 11.4 Å². The van der Waals surface area contributed by atoms with Gasteiger partial charge in [-0.1, -0.05) is 18.9 Å². The maximum absolute atomic E-state index is 11.5. The lowest BCUT2D eigenvalue weighted by molar-refractivity contribution is 0.531. The fraction of sp³-hybridized carbons (Fsp3) is 0.750. The average Bonchev–Trinajstić information content (AvgIpc) is 1.83. The Balaban J connectivity index is 2.77. The van der Waals surface area contributed by atoms with E-state index in [1.54, 1.807) is 5.82 Å². The van der Waals surface area contributed by atoms with Gasteiger partial charge in [-0.05, 0) is 36.3 Å². The van der Waals surface area contributed by atoms with Crippen molar-refractivity contribution in [2.45, 2.75) is 26.7 Å². The summed E-state index contributed by atoms with van der Waals surface area (Å²) in [6, 6.07) is 0. The largest absolute Gasteiger partial charge is 0.302 e. The van der Waals surface area contributed by atoms with Gasteiger partial charge in [0.05, 0.1) is 0 Å². The van der Waals surface area contributed by atoms with Crippen LogP contribution >= 0.6 is 17.7 Å². The predicted octanol–water partition coefficient (Wildman–Crippen LogP) is 3.84. The molecule has 0 aromatic heterocycles. The van der Waals surface area contributed by atoms with Crippen molar-refractivity contribution in [2.75, 3.05) is 6.16 Å². The van der Waals surface area contributed by atoms with Gasteiger partial charge in [-0.15, -0.1) is 0 Å². The molecule has 0 N–H and O–H groups in total. The van der Waals surface area contributed by atoms with Crippen LogP contribution in [0.4, 0.5) is 0 Å². The quantitative estimate of drug-likeness (QED) is 0.577. The van der Waals surface area contributed by atoms with Crippen molar-refractivity contribution in [3.8, 4) is 0 Å². The molecule has 0 saturated carbocycles. The Kier molecular flexibility index (Phi) is 2.83. The molecule has 11 heavy (non-hydrogen) atoms. The van der Waals surface area contributed by atoms with Gasteiger partial charge in [0, 0.05) is 6.16 Å². The van der Waals surface area contributed by atoms with Gasteiger partial charge in [-0.3, -0.25) is 0 Å². The first kappa shape index (κ1) is 9.35. The van der Waals surface area contributed by atoms with Gasteiger partial charge >= 0.3 is 0 Å². The van der Waals surface area contributed by atoms with Gasteiger partial charge in [0.15, 0.2) is 6.49 Å². The summed E-state index contributed by atoms with van der Waals surface area (Å²) >= 11 is 5.82. The summed E-state index contributed by atoms with van der Waals surface area (Å²) in [6.45, 7) is 1.73. The van der Waals surface area contributed by atoms with Crippen LogP contribution in [0.3, 0.4) is 0 Å². The maximum Gasteiger partial charge on any atom is 0.190 e. The molecule has 0 unspecified atom stereocenters. The Labute approximate surface area is 73.0 Å². The molecule has 2 atom stereocenters. The molecular weight excluding hydrogens is 179 g/mol. The third-order valence-corrected chi connectivity index (χ3v) is 4.66. The molecule has 1 aliphatic rings. The number of hydrogen-bond acceptors (Lipinski definition) is 1. The highest BCUT2D eigenvalue weighted by Crippen LogP contribution is 2.58. The van der Waals surface area contributed by atoms with Crippen LogP contribution in [0.1, 0.15) is 26.7 Å². The zero-order valence-corrected chi connectivity index (χ0v) is 8.66.